The molecule has 2 amide bonds. The van der Waals surface area contributed by atoms with Crippen molar-refractivity contribution in [3.8, 4) is 5.75 Å². The minimum absolute atomic E-state index is 0.0207. The van der Waals surface area contributed by atoms with Crippen LogP contribution in [0.15, 0.2) is 29.3 Å². The van der Waals surface area contributed by atoms with Gasteiger partial charge < -0.3 is 38.0 Å². The fourth-order valence-electron chi connectivity index (χ4n) is 2.94. The standard InChI is InChI=1S/C21H34N6O5/c1-3-12(2)17(27-18(29)15(22)5-4-10-25-21(23)24)19(30)26-16(20(31)32)11-13-6-8-14(28)9-7-13/h6-9,12,15-17,28H,3-5,10-11,22H2,1-2H3,(H,26,30)(H,27,29)(H,31,32)(H4,23,24,25)/t12-,15-,16-,17-/m0/s1. The molecule has 10 N–H and O–H groups in total. The number of hydrogen-bond donors (Lipinski definition) is 7. The fraction of sp³-hybridized carbons (Fsp3) is 0.524. The monoisotopic (exact) mass is 450 g/mol. The van der Waals surface area contributed by atoms with Gasteiger partial charge in [0.1, 0.15) is 17.8 Å². The Labute approximate surface area is 187 Å². The minimum Gasteiger partial charge on any atom is -0.508 e. The highest BCUT2D eigenvalue weighted by molar-refractivity contribution is 5.92. The van der Waals surface area contributed by atoms with Gasteiger partial charge in [0.2, 0.25) is 11.8 Å². The van der Waals surface area contributed by atoms with Crippen molar-refractivity contribution in [2.75, 3.05) is 6.54 Å². The second kappa shape index (κ2) is 13.2. The number of carbonyl (C=O) groups excluding carboxylic acids is 2. The first-order chi connectivity index (χ1) is 15.0. The van der Waals surface area contributed by atoms with E-state index in [-0.39, 0.29) is 24.0 Å². The molecule has 4 atom stereocenters. The van der Waals surface area contributed by atoms with E-state index in [9.17, 15) is 24.6 Å². The molecule has 0 radical (unpaired) electrons. The van der Waals surface area contributed by atoms with Crippen molar-refractivity contribution in [2.24, 2.45) is 28.1 Å². The molecule has 0 saturated carbocycles. The van der Waals surface area contributed by atoms with Gasteiger partial charge in [-0.05, 0) is 36.5 Å². The maximum absolute atomic E-state index is 12.9. The van der Waals surface area contributed by atoms with Crippen LogP contribution in [0, 0.1) is 5.92 Å². The van der Waals surface area contributed by atoms with E-state index in [0.717, 1.165) is 0 Å². The van der Waals surface area contributed by atoms with Crippen LogP contribution in [0.2, 0.25) is 0 Å². The van der Waals surface area contributed by atoms with Gasteiger partial charge in [0, 0.05) is 13.0 Å². The number of nitrogens with two attached hydrogens (primary N) is 3. The quantitative estimate of drug-likeness (QED) is 0.117. The van der Waals surface area contributed by atoms with Crippen LogP contribution in [0.1, 0.15) is 38.7 Å². The molecule has 32 heavy (non-hydrogen) atoms. The summed E-state index contributed by atoms with van der Waals surface area (Å²) in [5, 5.41) is 24.1. The van der Waals surface area contributed by atoms with Crippen molar-refractivity contribution in [3.63, 3.8) is 0 Å². The molecule has 0 bridgehead atoms. The van der Waals surface area contributed by atoms with E-state index >= 15 is 0 Å². The van der Waals surface area contributed by atoms with Crippen LogP contribution < -0.4 is 27.8 Å². The van der Waals surface area contributed by atoms with E-state index in [2.05, 4.69) is 15.6 Å². The van der Waals surface area contributed by atoms with Gasteiger partial charge in [-0.1, -0.05) is 32.4 Å². The van der Waals surface area contributed by atoms with E-state index in [1.165, 1.54) is 12.1 Å². The Bertz CT molecular complexity index is 794. The number of hydrogen-bond acceptors (Lipinski definition) is 6. The average Bonchev–Trinajstić information content (AvgIpc) is 2.74. The number of nitrogens with zero attached hydrogens (tertiary/aromatic N) is 1. The summed E-state index contributed by atoms with van der Waals surface area (Å²) in [7, 11) is 0. The number of carboxylic acid groups (broad SMARTS) is 1. The minimum atomic E-state index is -1.21. The zero-order valence-corrected chi connectivity index (χ0v) is 18.5. The van der Waals surface area contributed by atoms with E-state index in [1.807, 2.05) is 6.92 Å². The normalized spacial score (nSPS) is 14.5. The van der Waals surface area contributed by atoms with Gasteiger partial charge >= 0.3 is 5.97 Å². The molecule has 178 valence electrons. The van der Waals surface area contributed by atoms with Gasteiger partial charge in [-0.2, -0.15) is 0 Å². The topological polar surface area (TPSA) is 206 Å². The molecule has 11 heteroatoms. The second-order valence-electron chi connectivity index (χ2n) is 7.70. The fourth-order valence-corrected chi connectivity index (χ4v) is 2.94. The first-order valence-electron chi connectivity index (χ1n) is 10.5. The Morgan fingerprint density at radius 3 is 2.25 bits per heavy atom. The molecule has 0 aliphatic carbocycles. The summed E-state index contributed by atoms with van der Waals surface area (Å²) in [5.41, 5.74) is 17.1. The predicted molar refractivity (Wildman–Crippen MR) is 121 cm³/mol. The van der Waals surface area contributed by atoms with E-state index < -0.39 is 35.9 Å². The third-order valence-corrected chi connectivity index (χ3v) is 5.09. The van der Waals surface area contributed by atoms with Crippen LogP contribution >= 0.6 is 0 Å². The van der Waals surface area contributed by atoms with E-state index in [0.29, 0.717) is 31.4 Å². The number of carbonyl (C=O) groups is 3. The number of phenolic OH excluding ortho intramolecular Hbond substituents is 1. The molecule has 0 spiro atoms. The smallest absolute Gasteiger partial charge is 0.326 e. The summed E-state index contributed by atoms with van der Waals surface area (Å²) in [6, 6.07) is 3.01. The Morgan fingerprint density at radius 2 is 1.72 bits per heavy atom. The number of aliphatic carboxylic acids is 1. The molecule has 1 aromatic rings. The molecule has 11 nitrogen and oxygen atoms in total. The van der Waals surface area contributed by atoms with Crippen molar-refractivity contribution in [2.45, 2.75) is 57.7 Å². The van der Waals surface area contributed by atoms with Gasteiger partial charge in [0.05, 0.1) is 6.04 Å². The number of benzene rings is 1. The highest BCUT2D eigenvalue weighted by atomic mass is 16.4. The summed E-state index contributed by atoms with van der Waals surface area (Å²) >= 11 is 0. The lowest BCUT2D eigenvalue weighted by molar-refractivity contribution is -0.142. The molecule has 0 aromatic heterocycles. The van der Waals surface area contributed by atoms with Gasteiger partial charge in [-0.15, -0.1) is 0 Å². The molecule has 0 heterocycles. The molecule has 1 rings (SSSR count). The largest absolute Gasteiger partial charge is 0.508 e. The van der Waals surface area contributed by atoms with Crippen molar-refractivity contribution in [3.05, 3.63) is 29.8 Å². The Morgan fingerprint density at radius 1 is 1.09 bits per heavy atom. The lowest BCUT2D eigenvalue weighted by Gasteiger charge is -2.26. The highest BCUT2D eigenvalue weighted by Gasteiger charge is 2.31. The lowest BCUT2D eigenvalue weighted by atomic mass is 9.96. The molecule has 1 aromatic carbocycles. The Kier molecular flexibility index (Phi) is 11.0. The van der Waals surface area contributed by atoms with Crippen molar-refractivity contribution in [1.29, 1.82) is 0 Å². The van der Waals surface area contributed by atoms with E-state index in [4.69, 9.17) is 17.2 Å². The first-order valence-corrected chi connectivity index (χ1v) is 10.5. The first kappa shape index (κ1) is 26.7. The lowest BCUT2D eigenvalue weighted by Crippen LogP contribution is -2.57. The molecular formula is C21H34N6O5. The zero-order valence-electron chi connectivity index (χ0n) is 18.5. The SMILES string of the molecule is CC[C@H](C)[C@H](NC(=O)[C@@H](N)CCCN=C(N)N)C(=O)N[C@@H](Cc1ccc(O)cc1)C(=O)O. The molecule has 0 saturated heterocycles. The summed E-state index contributed by atoms with van der Waals surface area (Å²) in [6.45, 7) is 3.97. The summed E-state index contributed by atoms with van der Waals surface area (Å²) in [4.78, 5) is 40.9. The zero-order chi connectivity index (χ0) is 24.3. The third-order valence-electron chi connectivity index (χ3n) is 5.09. The third kappa shape index (κ3) is 9.21. The highest BCUT2D eigenvalue weighted by Crippen LogP contribution is 2.13. The Balaban J connectivity index is 2.80. The van der Waals surface area contributed by atoms with Gasteiger partial charge in [-0.25, -0.2) is 4.79 Å². The Hall–Kier alpha value is -3.34. The number of amides is 2. The molecule has 0 fully saturated rings. The predicted octanol–water partition coefficient (Wildman–Crippen LogP) is -0.584. The number of carboxylic acids is 1. The van der Waals surface area contributed by atoms with E-state index in [1.54, 1.807) is 19.1 Å². The number of nitrogens with one attached hydrogen (secondary N) is 2. The molecule has 0 aliphatic rings. The van der Waals surface area contributed by atoms with Crippen LogP contribution in [-0.2, 0) is 20.8 Å². The maximum atomic E-state index is 12.9. The van der Waals surface area contributed by atoms with Crippen LogP contribution in [0.4, 0.5) is 0 Å². The van der Waals surface area contributed by atoms with Crippen LogP contribution in [0.25, 0.3) is 0 Å². The second-order valence-corrected chi connectivity index (χ2v) is 7.70. The summed E-state index contributed by atoms with van der Waals surface area (Å²) < 4.78 is 0. The number of guanidine groups is 1. The van der Waals surface area contributed by atoms with Crippen LogP contribution in [0.5, 0.6) is 5.75 Å². The van der Waals surface area contributed by atoms with Crippen molar-refractivity contribution in [1.82, 2.24) is 10.6 Å². The van der Waals surface area contributed by atoms with Crippen LogP contribution in [-0.4, -0.2) is 58.6 Å². The number of rotatable bonds is 13. The van der Waals surface area contributed by atoms with Crippen molar-refractivity contribution < 1.29 is 24.6 Å². The average molecular weight is 451 g/mol. The summed E-state index contributed by atoms with van der Waals surface area (Å²) in [6.07, 6.45) is 1.40. The van der Waals surface area contributed by atoms with Gasteiger partial charge in [-0.3, -0.25) is 14.6 Å². The molecular weight excluding hydrogens is 416 g/mol. The number of phenols is 1. The van der Waals surface area contributed by atoms with Crippen LogP contribution in [0.3, 0.4) is 0 Å². The summed E-state index contributed by atoms with van der Waals surface area (Å²) in [5.74, 6) is -2.57. The number of aromatic hydroxyl groups is 1. The maximum Gasteiger partial charge on any atom is 0.326 e. The molecule has 0 aliphatic heterocycles. The number of aliphatic imine (C=N–C) groups is 1. The molecule has 0 unspecified atom stereocenters. The van der Waals surface area contributed by atoms with Gasteiger partial charge in [0.25, 0.3) is 0 Å². The van der Waals surface area contributed by atoms with Crippen molar-refractivity contribution >= 4 is 23.7 Å². The van der Waals surface area contributed by atoms with Gasteiger partial charge in [0.15, 0.2) is 5.96 Å².